The van der Waals surface area contributed by atoms with Crippen LogP contribution in [0.5, 0.6) is 5.75 Å². The first-order valence-electron chi connectivity index (χ1n) is 9.00. The van der Waals surface area contributed by atoms with E-state index < -0.39 is 0 Å². The average Bonchev–Trinajstić information content (AvgIpc) is 3.28. The zero-order valence-electron chi connectivity index (χ0n) is 15.4. The molecule has 1 aromatic heterocycles. The summed E-state index contributed by atoms with van der Waals surface area (Å²) in [6, 6.07) is 11.1. The summed E-state index contributed by atoms with van der Waals surface area (Å²) < 4.78 is 5.23. The van der Waals surface area contributed by atoms with Crippen molar-refractivity contribution >= 4 is 22.7 Å². The van der Waals surface area contributed by atoms with Crippen LogP contribution in [-0.2, 0) is 12.8 Å². The van der Waals surface area contributed by atoms with Crippen LogP contribution in [0.4, 0.5) is 0 Å². The Hall–Kier alpha value is -3.15. The highest BCUT2D eigenvalue weighted by atomic mass is 16.5. The molecule has 0 saturated heterocycles. The van der Waals surface area contributed by atoms with Crippen LogP contribution in [0.3, 0.4) is 0 Å². The molecule has 0 fully saturated rings. The number of amides is 1. The van der Waals surface area contributed by atoms with E-state index in [4.69, 9.17) is 4.74 Å². The maximum atomic E-state index is 12.9. The number of fused-ring (bicyclic) bond motifs is 2. The van der Waals surface area contributed by atoms with Gasteiger partial charge in [0.15, 0.2) is 5.78 Å². The van der Waals surface area contributed by atoms with Gasteiger partial charge in [-0.2, -0.15) is 0 Å². The standard InChI is InChI=1S/C21H21N3O3/c1-24(21(26)16-5-3-4-15-14(16)7-9-19(15)25)11-10-20-22-17-8-6-13(27-2)12-18(17)23-20/h3-6,8,12H,7,9-11H2,1-2H3,(H,22,23). The monoisotopic (exact) mass is 363 g/mol. The van der Waals surface area contributed by atoms with E-state index in [2.05, 4.69) is 9.97 Å². The van der Waals surface area contributed by atoms with E-state index in [1.165, 1.54) is 0 Å². The minimum absolute atomic E-state index is 0.0562. The molecule has 0 aliphatic heterocycles. The van der Waals surface area contributed by atoms with E-state index in [1.807, 2.05) is 30.3 Å². The fourth-order valence-corrected chi connectivity index (χ4v) is 3.56. The molecule has 0 atom stereocenters. The van der Waals surface area contributed by atoms with Crippen molar-refractivity contribution in [3.63, 3.8) is 0 Å². The molecule has 0 bridgehead atoms. The molecule has 1 heterocycles. The van der Waals surface area contributed by atoms with Crippen LogP contribution < -0.4 is 4.74 Å². The van der Waals surface area contributed by atoms with Gasteiger partial charge in [0.2, 0.25) is 0 Å². The van der Waals surface area contributed by atoms with Crippen molar-refractivity contribution in [3.8, 4) is 5.75 Å². The Bertz CT molecular complexity index is 1040. The van der Waals surface area contributed by atoms with Crippen LogP contribution in [0, 0.1) is 0 Å². The highest BCUT2D eigenvalue weighted by molar-refractivity contribution is 6.05. The third kappa shape index (κ3) is 3.18. The van der Waals surface area contributed by atoms with Crippen LogP contribution in [-0.4, -0.2) is 47.3 Å². The van der Waals surface area contributed by atoms with Crippen molar-refractivity contribution < 1.29 is 14.3 Å². The number of Topliss-reactive ketones (excluding diaryl/α,β-unsaturated/α-hetero) is 1. The van der Waals surface area contributed by atoms with E-state index in [0.29, 0.717) is 36.9 Å². The molecule has 138 valence electrons. The lowest BCUT2D eigenvalue weighted by molar-refractivity contribution is 0.0795. The molecule has 1 aliphatic rings. The number of carbonyl (C=O) groups is 2. The number of benzene rings is 2. The van der Waals surface area contributed by atoms with Crippen LogP contribution >= 0.6 is 0 Å². The Morgan fingerprint density at radius 3 is 2.93 bits per heavy atom. The summed E-state index contributed by atoms with van der Waals surface area (Å²) in [4.78, 5) is 34.3. The van der Waals surface area contributed by atoms with Crippen LogP contribution in [0.15, 0.2) is 36.4 Å². The number of aromatic nitrogens is 2. The lowest BCUT2D eigenvalue weighted by atomic mass is 10.0. The van der Waals surface area contributed by atoms with E-state index in [1.54, 1.807) is 25.1 Å². The molecule has 1 N–H and O–H groups in total. The predicted octanol–water partition coefficient (Wildman–Crippen LogP) is 3.02. The second-order valence-electron chi connectivity index (χ2n) is 6.80. The van der Waals surface area contributed by atoms with Gasteiger partial charge in [0, 0.05) is 43.6 Å². The summed E-state index contributed by atoms with van der Waals surface area (Å²) in [7, 11) is 3.41. The number of nitrogens with one attached hydrogen (secondary N) is 1. The van der Waals surface area contributed by atoms with E-state index in [0.717, 1.165) is 28.2 Å². The largest absolute Gasteiger partial charge is 0.497 e. The van der Waals surface area contributed by atoms with Crippen molar-refractivity contribution in [2.45, 2.75) is 19.3 Å². The molecule has 0 unspecified atom stereocenters. The van der Waals surface area contributed by atoms with Crippen LogP contribution in [0.25, 0.3) is 11.0 Å². The minimum Gasteiger partial charge on any atom is -0.497 e. The van der Waals surface area contributed by atoms with Crippen molar-refractivity contribution in [2.24, 2.45) is 0 Å². The number of imidazole rings is 1. The maximum absolute atomic E-state index is 12.9. The Balaban J connectivity index is 1.47. The fourth-order valence-electron chi connectivity index (χ4n) is 3.56. The molecule has 6 nitrogen and oxygen atoms in total. The SMILES string of the molecule is COc1ccc2nc(CCN(C)C(=O)c3cccc4c3CCC4=O)[nH]c2c1. The first kappa shape index (κ1) is 17.3. The molecule has 4 rings (SSSR count). The lowest BCUT2D eigenvalue weighted by Gasteiger charge is -2.18. The van der Waals surface area contributed by atoms with Gasteiger partial charge < -0.3 is 14.6 Å². The smallest absolute Gasteiger partial charge is 0.253 e. The van der Waals surface area contributed by atoms with Gasteiger partial charge >= 0.3 is 0 Å². The molecule has 27 heavy (non-hydrogen) atoms. The highest BCUT2D eigenvalue weighted by Gasteiger charge is 2.25. The Kier molecular flexibility index (Phi) is 4.39. The molecule has 1 aliphatic carbocycles. The number of rotatable bonds is 5. The normalized spacial score (nSPS) is 13.0. The first-order chi connectivity index (χ1) is 13.1. The fraction of sp³-hybridized carbons (Fsp3) is 0.286. The van der Waals surface area contributed by atoms with Gasteiger partial charge in [-0.1, -0.05) is 12.1 Å². The van der Waals surface area contributed by atoms with Gasteiger partial charge in [-0.3, -0.25) is 9.59 Å². The molecule has 0 radical (unpaired) electrons. The third-order valence-electron chi connectivity index (χ3n) is 5.08. The molecular formula is C21H21N3O3. The van der Waals surface area contributed by atoms with E-state index in [-0.39, 0.29) is 11.7 Å². The quantitative estimate of drug-likeness (QED) is 0.756. The zero-order valence-corrected chi connectivity index (χ0v) is 15.4. The second kappa shape index (κ2) is 6.87. The van der Waals surface area contributed by atoms with Gasteiger partial charge in [0.05, 0.1) is 18.1 Å². The number of carbonyl (C=O) groups excluding carboxylic acids is 2. The average molecular weight is 363 g/mol. The molecule has 2 aromatic carbocycles. The number of likely N-dealkylation sites (N-methyl/N-ethyl adjacent to an activating group) is 1. The zero-order chi connectivity index (χ0) is 19.0. The number of ether oxygens (including phenoxy) is 1. The van der Waals surface area contributed by atoms with Crippen LogP contribution in [0.1, 0.15) is 38.5 Å². The topological polar surface area (TPSA) is 75.3 Å². The van der Waals surface area contributed by atoms with Gasteiger partial charge in [-0.25, -0.2) is 4.98 Å². The van der Waals surface area contributed by atoms with Crippen LogP contribution in [0.2, 0.25) is 0 Å². The third-order valence-corrected chi connectivity index (χ3v) is 5.08. The summed E-state index contributed by atoms with van der Waals surface area (Å²) in [6.07, 6.45) is 1.76. The maximum Gasteiger partial charge on any atom is 0.253 e. The van der Waals surface area contributed by atoms with Crippen molar-refractivity contribution in [2.75, 3.05) is 20.7 Å². The number of aromatic amines is 1. The van der Waals surface area contributed by atoms with Gasteiger partial charge in [0.25, 0.3) is 5.91 Å². The van der Waals surface area contributed by atoms with E-state index in [9.17, 15) is 9.59 Å². The van der Waals surface area contributed by atoms with Crippen molar-refractivity contribution in [1.29, 1.82) is 0 Å². The number of hydrogen-bond acceptors (Lipinski definition) is 4. The Morgan fingerprint density at radius 2 is 2.11 bits per heavy atom. The molecule has 0 saturated carbocycles. The van der Waals surface area contributed by atoms with Crippen molar-refractivity contribution in [1.82, 2.24) is 14.9 Å². The van der Waals surface area contributed by atoms with Gasteiger partial charge in [-0.05, 0) is 30.2 Å². The Labute approximate surface area is 157 Å². The number of methoxy groups -OCH3 is 1. The van der Waals surface area contributed by atoms with Gasteiger partial charge in [-0.15, -0.1) is 0 Å². The molecule has 1 amide bonds. The summed E-state index contributed by atoms with van der Waals surface area (Å²) in [5, 5.41) is 0. The second-order valence-corrected chi connectivity index (χ2v) is 6.80. The van der Waals surface area contributed by atoms with E-state index >= 15 is 0 Å². The number of ketones is 1. The first-order valence-corrected chi connectivity index (χ1v) is 9.00. The summed E-state index contributed by atoms with van der Waals surface area (Å²) >= 11 is 0. The predicted molar refractivity (Wildman–Crippen MR) is 102 cm³/mol. The molecule has 0 spiro atoms. The summed E-state index contributed by atoms with van der Waals surface area (Å²) in [5.74, 6) is 1.67. The Morgan fingerprint density at radius 1 is 1.26 bits per heavy atom. The van der Waals surface area contributed by atoms with Gasteiger partial charge in [0.1, 0.15) is 11.6 Å². The molecule has 3 aromatic rings. The number of H-pyrrole nitrogens is 1. The molecule has 6 heteroatoms. The highest BCUT2D eigenvalue weighted by Crippen LogP contribution is 2.26. The minimum atomic E-state index is -0.0562. The summed E-state index contributed by atoms with van der Waals surface area (Å²) in [6.45, 7) is 0.535. The lowest BCUT2D eigenvalue weighted by Crippen LogP contribution is -2.29. The summed E-state index contributed by atoms with van der Waals surface area (Å²) in [5.41, 5.74) is 4.00. The number of hydrogen-bond donors (Lipinski definition) is 1. The number of nitrogens with zero attached hydrogens (tertiary/aromatic N) is 2. The van der Waals surface area contributed by atoms with Crippen molar-refractivity contribution in [3.05, 3.63) is 58.9 Å². The molecular weight excluding hydrogens is 342 g/mol.